The molecule has 0 N–H and O–H groups in total. The van der Waals surface area contributed by atoms with Gasteiger partial charge < -0.3 is 0 Å². The molecular weight excluding hydrogens is 302 g/mol. The van der Waals surface area contributed by atoms with Crippen molar-refractivity contribution in [2.45, 2.75) is 13.8 Å². The smallest absolute Gasteiger partial charge is 0 e. The van der Waals surface area contributed by atoms with Gasteiger partial charge in [-0.3, -0.25) is 0 Å². The summed E-state index contributed by atoms with van der Waals surface area (Å²) < 4.78 is 0. The standard InChI is InChI=1S/C4H8.I2/c1-4(2)3;1-2/h1H2,2-3H3;. The van der Waals surface area contributed by atoms with Crippen LogP contribution < -0.4 is 0 Å². The minimum absolute atomic E-state index is 1.17. The topological polar surface area (TPSA) is 0 Å². The molecule has 0 spiro atoms. The Morgan fingerprint density at radius 1 is 1.33 bits per heavy atom. The number of allylic oxidation sites excluding steroid dienone is 1. The third kappa shape index (κ3) is 63.7. The molecule has 0 nitrogen and oxygen atoms in total. The fraction of sp³-hybridized carbons (Fsp3) is 0.500. The van der Waals surface area contributed by atoms with Gasteiger partial charge in [-0.1, -0.05) is 5.57 Å². The molecule has 0 bridgehead atoms. The van der Waals surface area contributed by atoms with Crippen molar-refractivity contribution in [3.63, 3.8) is 0 Å². The molecule has 0 radical (unpaired) electrons. The first-order valence-corrected chi connectivity index (χ1v) is 7.78. The van der Waals surface area contributed by atoms with Crippen LogP contribution in [0.2, 0.25) is 0 Å². The summed E-state index contributed by atoms with van der Waals surface area (Å²) in [6.07, 6.45) is 0. The monoisotopic (exact) mass is 310 g/mol. The first-order chi connectivity index (χ1) is 2.73. The van der Waals surface area contributed by atoms with Crippen molar-refractivity contribution in [2.24, 2.45) is 0 Å². The summed E-state index contributed by atoms with van der Waals surface area (Å²) >= 11 is 4.24. The molecule has 0 aliphatic carbocycles. The van der Waals surface area contributed by atoms with E-state index in [1.165, 1.54) is 5.57 Å². The third-order valence-electron chi connectivity index (χ3n) is 0. The zero-order valence-corrected chi connectivity index (χ0v) is 8.28. The average molecular weight is 310 g/mol. The zero-order valence-electron chi connectivity index (χ0n) is 3.96. The van der Waals surface area contributed by atoms with Gasteiger partial charge in [-0.15, -0.1) is 6.58 Å². The molecule has 0 fully saturated rings. The molecule has 0 unspecified atom stereocenters. The van der Waals surface area contributed by atoms with E-state index in [2.05, 4.69) is 43.8 Å². The number of hydrogen-bond donors (Lipinski definition) is 0. The number of halogens is 2. The van der Waals surface area contributed by atoms with Gasteiger partial charge >= 0.3 is 0 Å². The molecule has 0 amide bonds. The molecule has 0 rings (SSSR count). The summed E-state index contributed by atoms with van der Waals surface area (Å²) in [4.78, 5) is 0. The van der Waals surface area contributed by atoms with E-state index in [0.29, 0.717) is 0 Å². The fourth-order valence-electron chi connectivity index (χ4n) is 0. The summed E-state index contributed by atoms with van der Waals surface area (Å²) in [6, 6.07) is 0. The second kappa shape index (κ2) is 9.50. The minimum Gasteiger partial charge on any atom is -0.100 e. The van der Waals surface area contributed by atoms with E-state index < -0.39 is 0 Å². The van der Waals surface area contributed by atoms with Gasteiger partial charge in [0.05, 0.1) is 0 Å². The Morgan fingerprint density at radius 2 is 1.33 bits per heavy atom. The second-order valence-electron chi connectivity index (χ2n) is 1.21. The van der Waals surface area contributed by atoms with Gasteiger partial charge in [0.2, 0.25) is 0 Å². The van der Waals surface area contributed by atoms with Crippen LogP contribution in [0.3, 0.4) is 0 Å². The first kappa shape index (κ1) is 10.2. The van der Waals surface area contributed by atoms with Gasteiger partial charge in [0, 0.05) is 37.2 Å². The van der Waals surface area contributed by atoms with E-state index in [0.717, 1.165) is 0 Å². The lowest BCUT2D eigenvalue weighted by atomic mass is 10.4. The first-order valence-electron chi connectivity index (χ1n) is 1.50. The fourth-order valence-corrected chi connectivity index (χ4v) is 0. The Balaban J connectivity index is 0. The highest BCUT2D eigenvalue weighted by atomic mass is 128. The van der Waals surface area contributed by atoms with E-state index in [1.807, 2.05) is 13.8 Å². The summed E-state index contributed by atoms with van der Waals surface area (Å²) in [5.74, 6) is 0. The highest BCUT2D eigenvalue weighted by molar-refractivity contribution is 15.0. The lowest BCUT2D eigenvalue weighted by molar-refractivity contribution is 1.42. The van der Waals surface area contributed by atoms with Crippen molar-refractivity contribution in [3.05, 3.63) is 12.2 Å². The Labute approximate surface area is 62.7 Å². The highest BCUT2D eigenvalue weighted by Crippen LogP contribution is 1.89. The van der Waals surface area contributed by atoms with E-state index in [-0.39, 0.29) is 0 Å². The van der Waals surface area contributed by atoms with E-state index >= 15 is 0 Å². The molecule has 0 aromatic rings. The van der Waals surface area contributed by atoms with Crippen LogP contribution in [-0.2, 0) is 0 Å². The Bertz CT molecular complexity index is 28.5. The summed E-state index contributed by atoms with van der Waals surface area (Å²) in [5, 5.41) is 0. The van der Waals surface area contributed by atoms with Gasteiger partial charge in [-0.05, 0) is 13.8 Å². The normalized spacial score (nSPS) is 5.33. The van der Waals surface area contributed by atoms with Gasteiger partial charge in [0.15, 0.2) is 0 Å². The molecule has 0 aliphatic rings. The van der Waals surface area contributed by atoms with E-state index in [4.69, 9.17) is 0 Å². The lowest BCUT2D eigenvalue weighted by Gasteiger charge is -1.65. The van der Waals surface area contributed by atoms with Crippen molar-refractivity contribution in [1.29, 1.82) is 0 Å². The third-order valence-corrected chi connectivity index (χ3v) is 0. The molecular formula is C4H8I2. The maximum Gasteiger partial charge on any atom is 0 e. The van der Waals surface area contributed by atoms with Crippen molar-refractivity contribution in [2.75, 3.05) is 0 Å². The lowest BCUT2D eigenvalue weighted by Crippen LogP contribution is -1.43. The Morgan fingerprint density at radius 3 is 1.33 bits per heavy atom. The summed E-state index contributed by atoms with van der Waals surface area (Å²) in [7, 11) is 0. The average Bonchev–Trinajstić information content (AvgIpc) is 1.41. The molecule has 0 saturated heterocycles. The van der Waals surface area contributed by atoms with E-state index in [1.54, 1.807) is 0 Å². The van der Waals surface area contributed by atoms with Crippen molar-refractivity contribution >= 4 is 37.2 Å². The summed E-state index contributed by atoms with van der Waals surface area (Å²) in [6.45, 7) is 7.50. The van der Waals surface area contributed by atoms with Gasteiger partial charge in [0.1, 0.15) is 0 Å². The van der Waals surface area contributed by atoms with Crippen LogP contribution in [0.15, 0.2) is 12.2 Å². The quantitative estimate of drug-likeness (QED) is 0.475. The maximum absolute atomic E-state index is 3.56. The van der Waals surface area contributed by atoms with Crippen LogP contribution in [0.4, 0.5) is 0 Å². The van der Waals surface area contributed by atoms with Crippen LogP contribution in [0.1, 0.15) is 13.8 Å². The highest BCUT2D eigenvalue weighted by Gasteiger charge is 1.51. The predicted molar refractivity (Wildman–Crippen MR) is 48.5 cm³/mol. The van der Waals surface area contributed by atoms with Crippen LogP contribution in [0, 0.1) is 0 Å². The maximum atomic E-state index is 3.56. The van der Waals surface area contributed by atoms with Crippen LogP contribution in [-0.4, -0.2) is 0 Å². The van der Waals surface area contributed by atoms with Crippen molar-refractivity contribution in [3.8, 4) is 0 Å². The zero-order chi connectivity index (χ0) is 5.58. The molecule has 0 heterocycles. The summed E-state index contributed by atoms with van der Waals surface area (Å²) in [5.41, 5.74) is 1.17. The molecule has 0 aromatic carbocycles. The SMILES string of the molecule is C=C(C)C.II. The van der Waals surface area contributed by atoms with Crippen LogP contribution in [0.5, 0.6) is 0 Å². The second-order valence-corrected chi connectivity index (χ2v) is 1.21. The molecule has 6 heavy (non-hydrogen) atoms. The minimum atomic E-state index is 1.17. The molecule has 0 aromatic heterocycles. The number of rotatable bonds is 0. The molecule has 2 heteroatoms. The van der Waals surface area contributed by atoms with Crippen LogP contribution in [0.25, 0.3) is 0 Å². The largest absolute Gasteiger partial charge is 0.100 e. The van der Waals surface area contributed by atoms with Gasteiger partial charge in [-0.25, -0.2) is 0 Å². The predicted octanol–water partition coefficient (Wildman–Crippen LogP) is 3.35. The Hall–Kier alpha value is 1.20. The molecule has 0 saturated carbocycles. The van der Waals surface area contributed by atoms with Crippen molar-refractivity contribution in [1.82, 2.24) is 0 Å². The molecule has 0 aliphatic heterocycles. The van der Waals surface area contributed by atoms with Gasteiger partial charge in [-0.2, -0.15) is 0 Å². The van der Waals surface area contributed by atoms with E-state index in [9.17, 15) is 0 Å². The van der Waals surface area contributed by atoms with Crippen LogP contribution >= 0.6 is 37.2 Å². The Kier molecular flexibility index (Phi) is 16.2. The molecule has 38 valence electrons. The molecule has 0 atom stereocenters. The van der Waals surface area contributed by atoms with Crippen molar-refractivity contribution < 1.29 is 0 Å². The number of hydrogen-bond acceptors (Lipinski definition) is 0. The van der Waals surface area contributed by atoms with Gasteiger partial charge in [0.25, 0.3) is 0 Å².